The van der Waals surface area contributed by atoms with Crippen LogP contribution in [0.15, 0.2) is 18.2 Å². The summed E-state index contributed by atoms with van der Waals surface area (Å²) in [6, 6.07) is 5.56. The van der Waals surface area contributed by atoms with E-state index in [-0.39, 0.29) is 17.7 Å². The van der Waals surface area contributed by atoms with Gasteiger partial charge in [-0.05, 0) is 49.9 Å². The Morgan fingerprint density at radius 1 is 1.36 bits per heavy atom. The highest BCUT2D eigenvalue weighted by atomic mass is 35.5. The summed E-state index contributed by atoms with van der Waals surface area (Å²) < 4.78 is 5.45. The van der Waals surface area contributed by atoms with Gasteiger partial charge in [0.15, 0.2) is 5.78 Å². The zero-order chi connectivity index (χ0) is 19.8. The number of nitrogens with one attached hydrogen (secondary N) is 2. The largest absolute Gasteiger partial charge is 0.495 e. The highest BCUT2D eigenvalue weighted by molar-refractivity contribution is 6.31. The number of halogens is 1. The lowest BCUT2D eigenvalue weighted by Gasteiger charge is -2.21. The van der Waals surface area contributed by atoms with Gasteiger partial charge in [0, 0.05) is 41.8 Å². The molecule has 1 amide bonds. The number of hydrogen-bond acceptors (Lipinski definition) is 4. The summed E-state index contributed by atoms with van der Waals surface area (Å²) in [4.78, 5) is 30.4. The maximum Gasteiger partial charge on any atom is 0.268 e. The molecule has 1 aromatic carbocycles. The number of hydrogen-bond donors (Lipinski definition) is 2. The van der Waals surface area contributed by atoms with Crippen LogP contribution < -0.4 is 15.0 Å². The van der Waals surface area contributed by atoms with Gasteiger partial charge in [0.2, 0.25) is 0 Å². The molecule has 1 aromatic heterocycles. The number of benzene rings is 1. The predicted molar refractivity (Wildman–Crippen MR) is 109 cm³/mol. The van der Waals surface area contributed by atoms with Crippen molar-refractivity contribution in [3.63, 3.8) is 0 Å². The van der Waals surface area contributed by atoms with Crippen LogP contribution in [-0.2, 0) is 6.42 Å². The molecule has 0 radical (unpaired) electrons. The van der Waals surface area contributed by atoms with Crippen LogP contribution in [0.3, 0.4) is 0 Å². The quantitative estimate of drug-likeness (QED) is 0.822. The highest BCUT2D eigenvalue weighted by Gasteiger charge is 2.30. The second-order valence-electron chi connectivity index (χ2n) is 7.48. The molecule has 6 nitrogen and oxygen atoms in total. The molecule has 2 N–H and O–H groups in total. The highest BCUT2D eigenvalue weighted by Crippen LogP contribution is 2.33. The molecule has 1 atom stereocenters. The Balaban J connectivity index is 1.47. The number of Topliss-reactive ketones (excluding diaryl/α,β-unsaturated/α-hetero) is 1. The summed E-state index contributed by atoms with van der Waals surface area (Å²) in [6.45, 7) is 3.34. The van der Waals surface area contributed by atoms with Crippen LogP contribution in [0.1, 0.15) is 51.4 Å². The molecule has 1 aliphatic heterocycles. The van der Waals surface area contributed by atoms with Crippen molar-refractivity contribution in [1.29, 1.82) is 0 Å². The summed E-state index contributed by atoms with van der Waals surface area (Å²) in [5.41, 5.74) is 3.83. The Bertz CT molecular complexity index is 937. The number of ketones is 1. The van der Waals surface area contributed by atoms with Crippen LogP contribution in [0, 0.1) is 6.92 Å². The number of carbonyl (C=O) groups excluding carboxylic acids is 2. The molecule has 1 unspecified atom stereocenters. The summed E-state index contributed by atoms with van der Waals surface area (Å²) in [7, 11) is 1.64. The number of fused-ring (bicyclic) bond motifs is 1. The summed E-state index contributed by atoms with van der Waals surface area (Å²) in [6.07, 6.45) is 3.05. The van der Waals surface area contributed by atoms with Crippen molar-refractivity contribution < 1.29 is 14.3 Å². The average molecular weight is 402 g/mol. The van der Waals surface area contributed by atoms with Gasteiger partial charge in [0.1, 0.15) is 11.4 Å². The van der Waals surface area contributed by atoms with Crippen molar-refractivity contribution >= 4 is 29.0 Å². The second-order valence-corrected chi connectivity index (χ2v) is 7.91. The first-order valence-corrected chi connectivity index (χ1v) is 9.99. The van der Waals surface area contributed by atoms with Gasteiger partial charge in [-0.25, -0.2) is 0 Å². The van der Waals surface area contributed by atoms with Crippen molar-refractivity contribution in [3.05, 3.63) is 45.7 Å². The number of rotatable bonds is 4. The van der Waals surface area contributed by atoms with E-state index < -0.39 is 0 Å². The topological polar surface area (TPSA) is 74.4 Å². The molecule has 4 rings (SSSR count). The van der Waals surface area contributed by atoms with E-state index in [9.17, 15) is 9.59 Å². The lowest BCUT2D eigenvalue weighted by Crippen LogP contribution is -2.37. The molecule has 1 aliphatic carbocycles. The maximum atomic E-state index is 12.8. The molecule has 2 aliphatic rings. The number of aromatic nitrogens is 1. The molecular weight excluding hydrogens is 378 g/mol. The lowest BCUT2D eigenvalue weighted by molar-refractivity contribution is 0.0934. The van der Waals surface area contributed by atoms with Crippen LogP contribution in [0.25, 0.3) is 0 Å². The van der Waals surface area contributed by atoms with Gasteiger partial charge in [-0.2, -0.15) is 0 Å². The Morgan fingerprint density at radius 2 is 2.18 bits per heavy atom. The summed E-state index contributed by atoms with van der Waals surface area (Å²) >= 11 is 6.15. The molecule has 0 spiro atoms. The minimum absolute atomic E-state index is 0.0200. The Hall–Kier alpha value is -2.47. The number of amides is 1. The van der Waals surface area contributed by atoms with Crippen molar-refractivity contribution in [2.45, 2.75) is 38.6 Å². The predicted octanol–water partition coefficient (Wildman–Crippen LogP) is 3.51. The molecule has 0 saturated carbocycles. The monoisotopic (exact) mass is 401 g/mol. The molecule has 28 heavy (non-hydrogen) atoms. The van der Waals surface area contributed by atoms with Crippen molar-refractivity contribution in [3.8, 4) is 5.75 Å². The van der Waals surface area contributed by atoms with Gasteiger partial charge in [0.25, 0.3) is 5.91 Å². The molecular formula is C21H24ClN3O3. The van der Waals surface area contributed by atoms with E-state index in [0.29, 0.717) is 29.2 Å². The van der Waals surface area contributed by atoms with E-state index in [0.717, 1.165) is 48.5 Å². The number of methoxy groups -OCH3 is 1. The number of anilines is 1. The van der Waals surface area contributed by atoms with Crippen molar-refractivity contribution in [2.75, 3.05) is 25.1 Å². The van der Waals surface area contributed by atoms with Gasteiger partial charge in [-0.1, -0.05) is 11.6 Å². The van der Waals surface area contributed by atoms with Crippen molar-refractivity contribution in [2.24, 2.45) is 0 Å². The first kappa shape index (κ1) is 18.9. The fourth-order valence-corrected chi connectivity index (χ4v) is 4.43. The van der Waals surface area contributed by atoms with Gasteiger partial charge >= 0.3 is 0 Å². The first-order chi connectivity index (χ1) is 13.5. The average Bonchev–Trinajstić information content (AvgIpc) is 3.27. The third-order valence-electron chi connectivity index (χ3n) is 5.67. The molecule has 2 heterocycles. The molecule has 148 valence electrons. The van der Waals surface area contributed by atoms with E-state index in [1.165, 1.54) is 0 Å². The number of aryl methyl sites for hydroxylation is 1. The van der Waals surface area contributed by atoms with Gasteiger partial charge in [-0.3, -0.25) is 9.59 Å². The summed E-state index contributed by atoms with van der Waals surface area (Å²) in [5.74, 6) is 0.751. The molecule has 7 heteroatoms. The normalized spacial score (nSPS) is 18.9. The molecule has 0 bridgehead atoms. The fourth-order valence-electron chi connectivity index (χ4n) is 4.27. The zero-order valence-corrected chi connectivity index (χ0v) is 16.9. The number of nitrogens with zero attached hydrogens (tertiary/aromatic N) is 1. The zero-order valence-electron chi connectivity index (χ0n) is 16.1. The number of carbonyl (C=O) groups is 2. The van der Waals surface area contributed by atoms with Crippen molar-refractivity contribution in [1.82, 2.24) is 10.3 Å². The SMILES string of the molecule is COc1ccc(Cl)cc1N1CCC(NC(=O)c2[nH]c3c(c2C)C(=O)CCC3)C1. The van der Waals surface area contributed by atoms with Gasteiger partial charge in [-0.15, -0.1) is 0 Å². The third-order valence-corrected chi connectivity index (χ3v) is 5.90. The van der Waals surface area contributed by atoms with E-state index in [1.54, 1.807) is 13.2 Å². The smallest absolute Gasteiger partial charge is 0.268 e. The Morgan fingerprint density at radius 3 is 2.93 bits per heavy atom. The second kappa shape index (κ2) is 7.51. The van der Waals surface area contributed by atoms with E-state index in [1.807, 2.05) is 19.1 Å². The standard InChI is InChI=1S/C21H24ClN3O3/c1-12-19-15(4-3-5-17(19)26)24-20(12)21(27)23-14-8-9-25(11-14)16-10-13(22)6-7-18(16)28-2/h6-7,10,14,24H,3-5,8-9,11H2,1-2H3,(H,23,27). The number of H-pyrrole nitrogens is 1. The Kier molecular flexibility index (Phi) is 5.06. The first-order valence-electron chi connectivity index (χ1n) is 9.62. The number of aromatic amines is 1. The molecule has 2 aromatic rings. The van der Waals surface area contributed by atoms with Crippen LogP contribution in [-0.4, -0.2) is 42.9 Å². The van der Waals surface area contributed by atoms with Crippen LogP contribution >= 0.6 is 11.6 Å². The van der Waals surface area contributed by atoms with E-state index in [4.69, 9.17) is 16.3 Å². The lowest BCUT2D eigenvalue weighted by atomic mass is 9.94. The Labute approximate surface area is 169 Å². The van der Waals surface area contributed by atoms with E-state index >= 15 is 0 Å². The van der Waals surface area contributed by atoms with Crippen LogP contribution in [0.2, 0.25) is 5.02 Å². The summed E-state index contributed by atoms with van der Waals surface area (Å²) in [5, 5.41) is 3.77. The van der Waals surface area contributed by atoms with E-state index in [2.05, 4.69) is 15.2 Å². The van der Waals surface area contributed by atoms with Crippen LogP contribution in [0.5, 0.6) is 5.75 Å². The van der Waals surface area contributed by atoms with Gasteiger partial charge < -0.3 is 19.9 Å². The fraction of sp³-hybridized carbons (Fsp3) is 0.429. The third kappa shape index (κ3) is 3.37. The maximum absolute atomic E-state index is 12.8. The molecule has 1 fully saturated rings. The van der Waals surface area contributed by atoms with Gasteiger partial charge in [0.05, 0.1) is 12.8 Å². The minimum atomic E-state index is -0.149. The molecule has 1 saturated heterocycles. The van der Waals surface area contributed by atoms with Crippen LogP contribution in [0.4, 0.5) is 5.69 Å². The number of ether oxygens (including phenoxy) is 1. The minimum Gasteiger partial charge on any atom is -0.495 e.